The highest BCUT2D eigenvalue weighted by Gasteiger charge is 2.29. The molecule has 6 rings (SSSR count). The lowest BCUT2D eigenvalue weighted by Gasteiger charge is -2.16. The number of aryl methyl sites for hydroxylation is 1. The van der Waals surface area contributed by atoms with Crippen LogP contribution in [0, 0.1) is 0 Å². The zero-order valence-corrected chi connectivity index (χ0v) is 18.7. The number of pyridine rings is 2. The standard InChI is InChI=1S/C23H21N9O3/c1-29-19-12-24-18-4-2-14(15-3-5-20(25-11-15)31-9-7-26-28-31)10-17(18)21(19)32(23(29)35)16-6-8-30(13-16)27-22(33)34/h2-5,7,9-12,16,27H,6,8,13H2,1H3,(H,33,34)/t16-/m0/s1. The molecule has 1 atom stereocenters. The van der Waals surface area contributed by atoms with E-state index in [1.165, 1.54) is 0 Å². The van der Waals surface area contributed by atoms with E-state index in [9.17, 15) is 9.59 Å². The predicted molar refractivity (Wildman–Crippen MR) is 127 cm³/mol. The Morgan fingerprint density at radius 2 is 2.00 bits per heavy atom. The molecule has 176 valence electrons. The summed E-state index contributed by atoms with van der Waals surface area (Å²) in [6.07, 6.45) is 6.35. The molecule has 0 unspecified atom stereocenters. The van der Waals surface area contributed by atoms with Crippen molar-refractivity contribution in [1.82, 2.24) is 44.5 Å². The summed E-state index contributed by atoms with van der Waals surface area (Å²) in [5.41, 5.74) is 6.38. The second kappa shape index (κ2) is 8.02. The maximum atomic E-state index is 13.3. The summed E-state index contributed by atoms with van der Waals surface area (Å²) in [7, 11) is 1.73. The van der Waals surface area contributed by atoms with Crippen molar-refractivity contribution in [3.05, 3.63) is 65.6 Å². The van der Waals surface area contributed by atoms with E-state index < -0.39 is 6.09 Å². The molecule has 0 aliphatic carbocycles. The molecule has 1 saturated heterocycles. The van der Waals surface area contributed by atoms with E-state index in [0.717, 1.165) is 33.1 Å². The quantitative estimate of drug-likeness (QED) is 0.406. The van der Waals surface area contributed by atoms with Crippen LogP contribution in [0.5, 0.6) is 0 Å². The van der Waals surface area contributed by atoms with Crippen molar-refractivity contribution in [3.63, 3.8) is 0 Å². The first kappa shape index (κ1) is 21.0. The van der Waals surface area contributed by atoms with E-state index in [2.05, 4.69) is 25.7 Å². The van der Waals surface area contributed by atoms with Crippen LogP contribution in [0.2, 0.25) is 0 Å². The molecule has 1 aromatic carbocycles. The molecule has 12 nitrogen and oxygen atoms in total. The van der Waals surface area contributed by atoms with Crippen LogP contribution < -0.4 is 11.1 Å². The molecule has 5 aromatic rings. The summed E-state index contributed by atoms with van der Waals surface area (Å²) < 4.78 is 4.96. The molecule has 35 heavy (non-hydrogen) atoms. The number of carbonyl (C=O) groups is 1. The van der Waals surface area contributed by atoms with E-state index in [-0.39, 0.29) is 11.7 Å². The van der Waals surface area contributed by atoms with Gasteiger partial charge in [0.2, 0.25) is 0 Å². The van der Waals surface area contributed by atoms with Crippen LogP contribution in [0.25, 0.3) is 38.9 Å². The fourth-order valence-corrected chi connectivity index (χ4v) is 4.76. The van der Waals surface area contributed by atoms with Crippen LogP contribution in [-0.2, 0) is 7.05 Å². The minimum Gasteiger partial charge on any atom is -0.464 e. The normalized spacial score (nSPS) is 16.3. The molecule has 0 spiro atoms. The van der Waals surface area contributed by atoms with Gasteiger partial charge in [-0.1, -0.05) is 11.3 Å². The van der Waals surface area contributed by atoms with E-state index in [1.807, 2.05) is 30.3 Å². The van der Waals surface area contributed by atoms with Gasteiger partial charge in [0.05, 0.1) is 41.2 Å². The first-order chi connectivity index (χ1) is 17.0. The van der Waals surface area contributed by atoms with Gasteiger partial charge in [0.1, 0.15) is 0 Å². The fourth-order valence-electron chi connectivity index (χ4n) is 4.76. The van der Waals surface area contributed by atoms with Crippen molar-refractivity contribution >= 4 is 28.0 Å². The van der Waals surface area contributed by atoms with Gasteiger partial charge < -0.3 is 5.11 Å². The van der Waals surface area contributed by atoms with E-state index in [4.69, 9.17) is 5.11 Å². The van der Waals surface area contributed by atoms with Gasteiger partial charge in [0.15, 0.2) is 5.82 Å². The highest BCUT2D eigenvalue weighted by Crippen LogP contribution is 2.31. The average Bonchev–Trinajstić information content (AvgIpc) is 3.60. The number of fused-ring (bicyclic) bond motifs is 3. The summed E-state index contributed by atoms with van der Waals surface area (Å²) in [6, 6.07) is 9.60. The van der Waals surface area contributed by atoms with Crippen molar-refractivity contribution in [2.75, 3.05) is 13.1 Å². The lowest BCUT2D eigenvalue weighted by Crippen LogP contribution is -2.40. The molecule has 4 aromatic heterocycles. The minimum atomic E-state index is -1.11. The number of imidazole rings is 1. The maximum absolute atomic E-state index is 13.3. The lowest BCUT2D eigenvalue weighted by molar-refractivity contribution is 0.151. The van der Waals surface area contributed by atoms with Gasteiger partial charge in [-0.2, -0.15) is 0 Å². The van der Waals surface area contributed by atoms with Crippen LogP contribution >= 0.6 is 0 Å². The smallest absolute Gasteiger partial charge is 0.419 e. The Labute approximate surface area is 198 Å². The summed E-state index contributed by atoms with van der Waals surface area (Å²) >= 11 is 0. The third-order valence-corrected chi connectivity index (χ3v) is 6.44. The molecule has 1 amide bonds. The number of rotatable bonds is 4. The van der Waals surface area contributed by atoms with Crippen LogP contribution in [0.1, 0.15) is 12.5 Å². The van der Waals surface area contributed by atoms with Crippen molar-refractivity contribution in [2.45, 2.75) is 12.5 Å². The van der Waals surface area contributed by atoms with Gasteiger partial charge in [-0.15, -0.1) is 5.10 Å². The minimum absolute atomic E-state index is 0.152. The molecule has 12 heteroatoms. The number of aromatic nitrogens is 7. The largest absolute Gasteiger partial charge is 0.464 e. The average molecular weight is 471 g/mol. The van der Waals surface area contributed by atoms with Gasteiger partial charge in [-0.3, -0.25) is 19.5 Å². The monoisotopic (exact) mass is 471 g/mol. The van der Waals surface area contributed by atoms with Crippen molar-refractivity contribution in [2.24, 2.45) is 7.05 Å². The third-order valence-electron chi connectivity index (χ3n) is 6.44. The van der Waals surface area contributed by atoms with E-state index in [1.54, 1.807) is 50.7 Å². The SMILES string of the molecule is Cn1c(=O)n([C@H]2CCN(NC(=O)O)C2)c2c3cc(-c4ccc(-n5ccnn5)nc4)ccc3ncc21. The Balaban J connectivity index is 1.46. The third kappa shape index (κ3) is 3.51. The molecule has 1 aliphatic heterocycles. The number of carboxylic acid groups (broad SMARTS) is 1. The Kier molecular flexibility index (Phi) is 4.81. The zero-order chi connectivity index (χ0) is 24.1. The van der Waals surface area contributed by atoms with Crippen LogP contribution in [0.15, 0.2) is 59.9 Å². The summed E-state index contributed by atoms with van der Waals surface area (Å²) in [5.74, 6) is 0.661. The second-order valence-electron chi connectivity index (χ2n) is 8.49. The van der Waals surface area contributed by atoms with Gasteiger partial charge in [-0.25, -0.2) is 24.3 Å². The van der Waals surface area contributed by atoms with Gasteiger partial charge in [-0.05, 0) is 36.2 Å². The molecule has 0 radical (unpaired) electrons. The Hall–Kier alpha value is -4.58. The number of nitrogens with one attached hydrogen (secondary N) is 1. The first-order valence-electron chi connectivity index (χ1n) is 11.1. The molecule has 0 bridgehead atoms. The Morgan fingerprint density at radius 3 is 2.74 bits per heavy atom. The van der Waals surface area contributed by atoms with Crippen LogP contribution in [0.3, 0.4) is 0 Å². The summed E-state index contributed by atoms with van der Waals surface area (Å²) in [6.45, 7) is 0.931. The van der Waals surface area contributed by atoms with Crippen molar-refractivity contribution in [1.29, 1.82) is 0 Å². The summed E-state index contributed by atoms with van der Waals surface area (Å²) in [5, 5.41) is 19.3. The van der Waals surface area contributed by atoms with Crippen molar-refractivity contribution in [3.8, 4) is 16.9 Å². The van der Waals surface area contributed by atoms with Crippen LogP contribution in [0.4, 0.5) is 4.79 Å². The van der Waals surface area contributed by atoms with Crippen molar-refractivity contribution < 1.29 is 9.90 Å². The molecule has 5 heterocycles. The van der Waals surface area contributed by atoms with Gasteiger partial charge in [0.25, 0.3) is 0 Å². The number of amides is 1. The van der Waals surface area contributed by atoms with E-state index in [0.29, 0.717) is 25.3 Å². The maximum Gasteiger partial charge on any atom is 0.419 e. The fraction of sp³-hybridized carbons (Fsp3) is 0.217. The molecule has 2 N–H and O–H groups in total. The van der Waals surface area contributed by atoms with Gasteiger partial charge in [0, 0.05) is 37.3 Å². The highest BCUT2D eigenvalue weighted by molar-refractivity contribution is 6.04. The summed E-state index contributed by atoms with van der Waals surface area (Å²) in [4.78, 5) is 33.4. The molecular weight excluding hydrogens is 450 g/mol. The number of benzene rings is 1. The molecular formula is C23H21N9O3. The Morgan fingerprint density at radius 1 is 1.14 bits per heavy atom. The van der Waals surface area contributed by atoms with Gasteiger partial charge >= 0.3 is 11.8 Å². The number of hydrazine groups is 1. The second-order valence-corrected chi connectivity index (χ2v) is 8.49. The number of hydrogen-bond donors (Lipinski definition) is 2. The molecule has 1 aliphatic rings. The topological polar surface area (TPSA) is 136 Å². The number of nitrogens with zero attached hydrogens (tertiary/aromatic N) is 8. The first-order valence-corrected chi connectivity index (χ1v) is 11.1. The molecule has 0 saturated carbocycles. The van der Waals surface area contributed by atoms with Crippen LogP contribution in [-0.4, -0.2) is 63.4 Å². The van der Waals surface area contributed by atoms with E-state index >= 15 is 0 Å². The highest BCUT2D eigenvalue weighted by atomic mass is 16.4. The number of hydrogen-bond acceptors (Lipinski definition) is 7. The lowest BCUT2D eigenvalue weighted by atomic mass is 10.0. The molecule has 1 fully saturated rings. The predicted octanol–water partition coefficient (Wildman–Crippen LogP) is 1.96. The zero-order valence-electron chi connectivity index (χ0n) is 18.7. The Bertz CT molecular complexity index is 1620.